The van der Waals surface area contributed by atoms with Crippen molar-refractivity contribution in [3.8, 4) is 5.75 Å². The van der Waals surface area contributed by atoms with E-state index in [1.54, 1.807) is 31.4 Å². The molecule has 0 aliphatic heterocycles. The number of amides is 2. The number of benzene rings is 3. The topological polar surface area (TPSA) is 86.3 Å². The van der Waals surface area contributed by atoms with E-state index in [0.717, 1.165) is 43.9 Å². The van der Waals surface area contributed by atoms with Gasteiger partial charge in [-0.15, -0.1) is 0 Å². The number of rotatable bonds is 13. The summed E-state index contributed by atoms with van der Waals surface area (Å²) >= 11 is 6.16. The molecule has 0 atom stereocenters. The summed E-state index contributed by atoms with van der Waals surface area (Å²) in [7, 11) is 3.65. The fraction of sp³-hybridized carbons (Fsp3) is 0.300. The number of anilines is 1. The van der Waals surface area contributed by atoms with E-state index in [1.807, 2.05) is 36.4 Å². The molecule has 0 fully saturated rings. The van der Waals surface area contributed by atoms with Crippen LogP contribution in [0.2, 0.25) is 5.02 Å². The van der Waals surface area contributed by atoms with Crippen molar-refractivity contribution in [1.29, 1.82) is 0 Å². The van der Waals surface area contributed by atoms with Crippen molar-refractivity contribution in [2.24, 2.45) is 5.10 Å². The van der Waals surface area contributed by atoms with Gasteiger partial charge in [0.15, 0.2) is 0 Å². The lowest BCUT2D eigenvalue weighted by Gasteiger charge is -2.23. The van der Waals surface area contributed by atoms with Gasteiger partial charge in [0.05, 0.1) is 24.6 Å². The molecule has 2 N–H and O–H groups in total. The monoisotopic (exact) mass is 549 g/mol. The van der Waals surface area contributed by atoms with Crippen LogP contribution in [-0.2, 0) is 6.54 Å². The molecule has 3 aromatic rings. The van der Waals surface area contributed by atoms with Crippen LogP contribution >= 0.6 is 11.6 Å². The molecule has 0 spiro atoms. The van der Waals surface area contributed by atoms with Gasteiger partial charge in [-0.2, -0.15) is 5.10 Å². The summed E-state index contributed by atoms with van der Waals surface area (Å²) in [5.41, 5.74) is 5.32. The molecule has 3 rings (SSSR count). The number of carbonyl (C=O) groups excluding carboxylic acids is 2. The van der Waals surface area contributed by atoms with Gasteiger partial charge in [0, 0.05) is 30.2 Å². The standard InChI is InChI=1S/C30H36ClN5O3/c1-5-36(6-2)16-15-35(3)21-23-10-7-11-24(17-23)29(37)33-28-14-13-25(31)19-27(28)30(38)34-32-20-22-9-8-12-26(18-22)39-4/h7-14,17-20H,5-6,15-16,21H2,1-4H3,(H,33,37)(H,34,38)/b32-20+. The summed E-state index contributed by atoms with van der Waals surface area (Å²) in [5, 5.41) is 7.25. The van der Waals surface area contributed by atoms with Gasteiger partial charge >= 0.3 is 0 Å². The quantitative estimate of drug-likeness (QED) is 0.228. The Morgan fingerprint density at radius 2 is 1.74 bits per heavy atom. The summed E-state index contributed by atoms with van der Waals surface area (Å²) in [6, 6.07) is 19.5. The van der Waals surface area contributed by atoms with Crippen molar-refractivity contribution in [2.45, 2.75) is 20.4 Å². The Morgan fingerprint density at radius 1 is 0.974 bits per heavy atom. The lowest BCUT2D eigenvalue weighted by Crippen LogP contribution is -2.32. The number of ether oxygens (including phenoxy) is 1. The second-order valence-corrected chi connectivity index (χ2v) is 9.52. The molecular formula is C30H36ClN5O3. The molecule has 0 saturated heterocycles. The van der Waals surface area contributed by atoms with E-state index in [0.29, 0.717) is 22.0 Å². The number of hydrogen-bond acceptors (Lipinski definition) is 6. The summed E-state index contributed by atoms with van der Waals surface area (Å²) in [6.45, 7) is 9.03. The molecule has 0 bridgehead atoms. The fourth-order valence-corrected chi connectivity index (χ4v) is 4.18. The smallest absolute Gasteiger partial charge is 0.273 e. The van der Waals surface area contributed by atoms with Gasteiger partial charge in [0.1, 0.15) is 5.75 Å². The van der Waals surface area contributed by atoms with Crippen LogP contribution in [0.25, 0.3) is 0 Å². The van der Waals surface area contributed by atoms with Crippen LogP contribution in [0.4, 0.5) is 5.69 Å². The first kappa shape index (κ1) is 29.8. The third-order valence-electron chi connectivity index (χ3n) is 6.28. The number of carbonyl (C=O) groups is 2. The highest BCUT2D eigenvalue weighted by Crippen LogP contribution is 2.22. The van der Waals surface area contributed by atoms with Gasteiger partial charge in [0.25, 0.3) is 11.8 Å². The molecule has 0 saturated carbocycles. The second kappa shape index (κ2) is 15.0. The van der Waals surface area contributed by atoms with Crippen molar-refractivity contribution in [2.75, 3.05) is 45.7 Å². The molecule has 0 aliphatic carbocycles. The van der Waals surface area contributed by atoms with Gasteiger partial charge in [-0.05, 0) is 73.7 Å². The number of halogens is 1. The summed E-state index contributed by atoms with van der Waals surface area (Å²) in [4.78, 5) is 30.7. The fourth-order valence-electron chi connectivity index (χ4n) is 4.01. The van der Waals surface area contributed by atoms with Crippen LogP contribution in [0.15, 0.2) is 71.8 Å². The lowest BCUT2D eigenvalue weighted by molar-refractivity contribution is 0.0956. The highest BCUT2D eigenvalue weighted by atomic mass is 35.5. The van der Waals surface area contributed by atoms with Crippen molar-refractivity contribution in [3.63, 3.8) is 0 Å². The molecule has 0 aromatic heterocycles. The van der Waals surface area contributed by atoms with E-state index < -0.39 is 5.91 Å². The maximum absolute atomic E-state index is 13.1. The first-order valence-electron chi connectivity index (χ1n) is 12.9. The van der Waals surface area contributed by atoms with Gasteiger partial charge in [0.2, 0.25) is 0 Å². The molecule has 0 aliphatic rings. The Kier molecular flexibility index (Phi) is 11.5. The normalized spacial score (nSPS) is 11.3. The number of nitrogens with one attached hydrogen (secondary N) is 2. The van der Waals surface area contributed by atoms with E-state index in [2.05, 4.69) is 46.5 Å². The minimum atomic E-state index is -0.504. The van der Waals surface area contributed by atoms with Crippen molar-refractivity contribution in [3.05, 3.63) is 94.0 Å². The van der Waals surface area contributed by atoms with E-state index in [-0.39, 0.29) is 11.5 Å². The molecule has 0 heterocycles. The van der Waals surface area contributed by atoms with Crippen molar-refractivity contribution in [1.82, 2.24) is 15.2 Å². The highest BCUT2D eigenvalue weighted by molar-refractivity contribution is 6.31. The molecule has 206 valence electrons. The lowest BCUT2D eigenvalue weighted by atomic mass is 10.1. The Balaban J connectivity index is 1.67. The number of hydrazone groups is 1. The predicted octanol–water partition coefficient (Wildman–Crippen LogP) is 5.14. The molecule has 8 nitrogen and oxygen atoms in total. The van der Waals surface area contributed by atoms with E-state index in [1.165, 1.54) is 12.3 Å². The Morgan fingerprint density at radius 3 is 2.49 bits per heavy atom. The van der Waals surface area contributed by atoms with Crippen LogP contribution < -0.4 is 15.5 Å². The Labute approximate surface area is 235 Å². The van der Waals surface area contributed by atoms with E-state index in [9.17, 15) is 9.59 Å². The molecular weight excluding hydrogens is 514 g/mol. The number of nitrogens with zero attached hydrogens (tertiary/aromatic N) is 3. The Bertz CT molecular complexity index is 1290. The average molecular weight is 550 g/mol. The molecule has 2 amide bonds. The third kappa shape index (κ3) is 9.21. The maximum atomic E-state index is 13.1. The van der Waals surface area contributed by atoms with Crippen LogP contribution in [0.3, 0.4) is 0 Å². The van der Waals surface area contributed by atoms with Gasteiger partial charge in [-0.1, -0.05) is 49.7 Å². The van der Waals surface area contributed by atoms with Crippen LogP contribution in [0.5, 0.6) is 5.75 Å². The molecule has 0 unspecified atom stereocenters. The maximum Gasteiger partial charge on any atom is 0.273 e. The largest absolute Gasteiger partial charge is 0.497 e. The summed E-state index contributed by atoms with van der Waals surface area (Å²) in [5.74, 6) is -0.144. The highest BCUT2D eigenvalue weighted by Gasteiger charge is 2.16. The van der Waals surface area contributed by atoms with Crippen molar-refractivity contribution >= 4 is 35.3 Å². The zero-order valence-electron chi connectivity index (χ0n) is 22.9. The molecule has 0 radical (unpaired) electrons. The number of methoxy groups -OCH3 is 1. The summed E-state index contributed by atoms with van der Waals surface area (Å²) < 4.78 is 5.20. The van der Waals surface area contributed by atoms with Gasteiger partial charge in [-0.3, -0.25) is 9.59 Å². The van der Waals surface area contributed by atoms with Gasteiger partial charge < -0.3 is 19.9 Å². The van der Waals surface area contributed by atoms with Crippen LogP contribution in [0, 0.1) is 0 Å². The van der Waals surface area contributed by atoms with E-state index in [4.69, 9.17) is 16.3 Å². The zero-order chi connectivity index (χ0) is 28.2. The SMILES string of the molecule is CCN(CC)CCN(C)Cc1cccc(C(=O)Nc2ccc(Cl)cc2C(=O)N/N=C/c2cccc(OC)c2)c1. The molecule has 39 heavy (non-hydrogen) atoms. The molecule has 3 aromatic carbocycles. The van der Waals surface area contributed by atoms with Crippen molar-refractivity contribution < 1.29 is 14.3 Å². The Hall–Kier alpha value is -3.72. The van der Waals surface area contributed by atoms with Crippen LogP contribution in [0.1, 0.15) is 45.7 Å². The minimum absolute atomic E-state index is 0.200. The van der Waals surface area contributed by atoms with E-state index >= 15 is 0 Å². The minimum Gasteiger partial charge on any atom is -0.497 e. The number of hydrogen-bond donors (Lipinski definition) is 2. The predicted molar refractivity (Wildman–Crippen MR) is 158 cm³/mol. The first-order valence-corrected chi connectivity index (χ1v) is 13.3. The summed E-state index contributed by atoms with van der Waals surface area (Å²) in [6.07, 6.45) is 1.51. The zero-order valence-corrected chi connectivity index (χ0v) is 23.7. The second-order valence-electron chi connectivity index (χ2n) is 9.08. The average Bonchev–Trinajstić information content (AvgIpc) is 2.94. The number of likely N-dealkylation sites (N-methyl/N-ethyl adjacent to an activating group) is 2. The first-order chi connectivity index (χ1) is 18.8. The van der Waals surface area contributed by atoms with Crippen LogP contribution in [-0.4, -0.2) is 68.2 Å². The third-order valence-corrected chi connectivity index (χ3v) is 6.52. The molecule has 9 heteroatoms. The van der Waals surface area contributed by atoms with Gasteiger partial charge in [-0.25, -0.2) is 5.43 Å².